The second-order valence-corrected chi connectivity index (χ2v) is 6.47. The second-order valence-electron chi connectivity index (χ2n) is 6.47. The Hall–Kier alpha value is -1.81. The van der Waals surface area contributed by atoms with Crippen molar-refractivity contribution >= 4 is 46.7 Å². The van der Waals surface area contributed by atoms with Gasteiger partial charge in [0.2, 0.25) is 5.91 Å². The van der Waals surface area contributed by atoms with E-state index in [1.54, 1.807) is 19.0 Å². The molecule has 8 heteroatoms. The van der Waals surface area contributed by atoms with E-state index >= 15 is 0 Å². The average molecular weight is 501 g/mol. The Morgan fingerprint density at radius 1 is 1.21 bits per heavy atom. The van der Waals surface area contributed by atoms with Gasteiger partial charge in [0.15, 0.2) is 5.96 Å². The van der Waals surface area contributed by atoms with Crippen molar-refractivity contribution in [3.63, 3.8) is 0 Å². The molecule has 0 unspecified atom stereocenters. The summed E-state index contributed by atoms with van der Waals surface area (Å²) >= 11 is 0. The van der Waals surface area contributed by atoms with Crippen molar-refractivity contribution in [2.75, 3.05) is 46.9 Å². The second kappa shape index (κ2) is 13.4. The first-order valence-corrected chi connectivity index (χ1v) is 9.47. The van der Waals surface area contributed by atoms with Gasteiger partial charge in [-0.2, -0.15) is 0 Å². The number of nitrogens with zero attached hydrogens (tertiary/aromatic N) is 2. The molecule has 1 amide bonds. The van der Waals surface area contributed by atoms with Gasteiger partial charge in [-0.05, 0) is 31.4 Å². The van der Waals surface area contributed by atoms with Gasteiger partial charge in [-0.25, -0.2) is 4.99 Å². The summed E-state index contributed by atoms with van der Waals surface area (Å²) in [4.78, 5) is 21.0. The van der Waals surface area contributed by atoms with E-state index in [0.29, 0.717) is 12.6 Å². The minimum atomic E-state index is -0.0259. The molecular formula is C20H32IN5O2. The van der Waals surface area contributed by atoms with Crippen LogP contribution in [0.5, 0.6) is 0 Å². The first-order valence-electron chi connectivity index (χ1n) is 9.47. The first-order chi connectivity index (χ1) is 13.1. The van der Waals surface area contributed by atoms with Gasteiger partial charge in [-0.3, -0.25) is 4.79 Å². The molecule has 0 aliphatic rings. The predicted octanol–water partition coefficient (Wildman–Crippen LogP) is 2.38. The third kappa shape index (κ3) is 8.05. The summed E-state index contributed by atoms with van der Waals surface area (Å²) in [5.41, 5.74) is 2.41. The van der Waals surface area contributed by atoms with Crippen LogP contribution in [0, 0.1) is 0 Å². The lowest BCUT2D eigenvalue weighted by atomic mass is 10.1. The van der Waals surface area contributed by atoms with Crippen LogP contribution in [0.4, 0.5) is 0 Å². The van der Waals surface area contributed by atoms with Crippen molar-refractivity contribution in [1.29, 1.82) is 0 Å². The van der Waals surface area contributed by atoms with Crippen molar-refractivity contribution in [2.45, 2.75) is 19.8 Å². The SMILES string of the molecule is CCOCCCNC(=NCC(=O)N(C)C)NCCc1c[nH]c2ccccc12.I. The standard InChI is InChI=1S/C20H31N5O2.HI/c1-4-27-13-7-11-21-20(24-15-19(26)25(2)3)22-12-10-16-14-23-18-9-6-5-8-17(16)18;/h5-6,8-9,14,23H,4,7,10-13,15H2,1-3H3,(H2,21,22,24);1H. The fourth-order valence-corrected chi connectivity index (χ4v) is 2.64. The molecule has 0 radical (unpaired) electrons. The molecule has 0 saturated carbocycles. The fraction of sp³-hybridized carbons (Fsp3) is 0.500. The molecule has 156 valence electrons. The Morgan fingerprint density at radius 3 is 2.71 bits per heavy atom. The highest BCUT2D eigenvalue weighted by Gasteiger charge is 2.06. The van der Waals surface area contributed by atoms with Crippen LogP contribution in [0.25, 0.3) is 10.9 Å². The fourth-order valence-electron chi connectivity index (χ4n) is 2.64. The maximum Gasteiger partial charge on any atom is 0.243 e. The number of likely N-dealkylation sites (N-methyl/N-ethyl adjacent to an activating group) is 1. The highest BCUT2D eigenvalue weighted by molar-refractivity contribution is 14.0. The molecule has 7 nitrogen and oxygen atoms in total. The van der Waals surface area contributed by atoms with Crippen molar-refractivity contribution in [2.24, 2.45) is 4.99 Å². The maximum absolute atomic E-state index is 11.8. The molecule has 0 bridgehead atoms. The van der Waals surface area contributed by atoms with Gasteiger partial charge in [0, 0.05) is 57.5 Å². The Kier molecular flexibility index (Phi) is 11.6. The van der Waals surface area contributed by atoms with Crippen LogP contribution in [0.3, 0.4) is 0 Å². The Bertz CT molecular complexity index is 745. The molecule has 0 spiro atoms. The number of hydrogen-bond acceptors (Lipinski definition) is 3. The van der Waals surface area contributed by atoms with Crippen LogP contribution in [-0.2, 0) is 16.0 Å². The largest absolute Gasteiger partial charge is 0.382 e. The zero-order valence-electron chi connectivity index (χ0n) is 17.0. The average Bonchev–Trinajstić information content (AvgIpc) is 3.08. The molecule has 0 aliphatic carbocycles. The number of rotatable bonds is 10. The molecule has 28 heavy (non-hydrogen) atoms. The molecule has 2 rings (SSSR count). The molecule has 0 saturated heterocycles. The van der Waals surface area contributed by atoms with Crippen LogP contribution in [0.15, 0.2) is 35.5 Å². The van der Waals surface area contributed by atoms with Gasteiger partial charge in [0.1, 0.15) is 6.54 Å². The number of carbonyl (C=O) groups is 1. The number of carbonyl (C=O) groups excluding carboxylic acids is 1. The normalized spacial score (nSPS) is 11.2. The Labute approximate surface area is 184 Å². The number of aromatic amines is 1. The van der Waals surface area contributed by atoms with Gasteiger partial charge in [-0.15, -0.1) is 24.0 Å². The van der Waals surface area contributed by atoms with E-state index in [1.807, 2.05) is 25.3 Å². The molecule has 1 aromatic heterocycles. The number of aromatic nitrogens is 1. The quantitative estimate of drug-likeness (QED) is 0.202. The van der Waals surface area contributed by atoms with E-state index in [1.165, 1.54) is 10.9 Å². The number of amides is 1. The molecular weight excluding hydrogens is 469 g/mol. The van der Waals surface area contributed by atoms with Crippen molar-refractivity contribution in [1.82, 2.24) is 20.5 Å². The number of H-pyrrole nitrogens is 1. The minimum Gasteiger partial charge on any atom is -0.382 e. The van der Waals surface area contributed by atoms with Crippen LogP contribution in [-0.4, -0.2) is 68.7 Å². The first kappa shape index (κ1) is 24.2. The summed E-state index contributed by atoms with van der Waals surface area (Å²) in [5, 5.41) is 7.83. The molecule has 1 heterocycles. The van der Waals surface area contributed by atoms with Crippen molar-refractivity contribution in [3.05, 3.63) is 36.0 Å². The number of guanidine groups is 1. The number of hydrogen-bond donors (Lipinski definition) is 3. The number of halogens is 1. The molecule has 2 aromatic rings. The van der Waals surface area contributed by atoms with Gasteiger partial charge in [0.05, 0.1) is 0 Å². The lowest BCUT2D eigenvalue weighted by molar-refractivity contribution is -0.127. The smallest absolute Gasteiger partial charge is 0.243 e. The van der Waals surface area contributed by atoms with Crippen LogP contribution >= 0.6 is 24.0 Å². The minimum absolute atomic E-state index is 0. The third-order valence-electron chi connectivity index (χ3n) is 4.19. The molecule has 0 fully saturated rings. The summed E-state index contributed by atoms with van der Waals surface area (Å²) < 4.78 is 5.35. The van der Waals surface area contributed by atoms with Gasteiger partial charge in [0.25, 0.3) is 0 Å². The van der Waals surface area contributed by atoms with Crippen LogP contribution < -0.4 is 10.6 Å². The third-order valence-corrected chi connectivity index (χ3v) is 4.19. The van der Waals surface area contributed by atoms with E-state index < -0.39 is 0 Å². The Morgan fingerprint density at radius 2 is 1.96 bits per heavy atom. The number of aliphatic imine (C=N–C) groups is 1. The summed E-state index contributed by atoms with van der Waals surface area (Å²) in [5.74, 6) is 0.628. The lowest BCUT2D eigenvalue weighted by Crippen LogP contribution is -2.40. The van der Waals surface area contributed by atoms with Crippen molar-refractivity contribution in [3.8, 4) is 0 Å². The van der Waals surface area contributed by atoms with E-state index in [-0.39, 0.29) is 36.4 Å². The lowest BCUT2D eigenvalue weighted by Gasteiger charge is -2.14. The number of nitrogens with one attached hydrogen (secondary N) is 3. The van der Waals surface area contributed by atoms with E-state index in [9.17, 15) is 4.79 Å². The highest BCUT2D eigenvalue weighted by Crippen LogP contribution is 2.17. The van der Waals surface area contributed by atoms with Crippen molar-refractivity contribution < 1.29 is 9.53 Å². The van der Waals surface area contributed by atoms with Gasteiger partial charge >= 0.3 is 0 Å². The molecule has 1 aromatic carbocycles. The summed E-state index contributed by atoms with van der Waals surface area (Å²) in [6, 6.07) is 8.27. The summed E-state index contributed by atoms with van der Waals surface area (Å²) in [6.45, 7) is 5.02. The predicted molar refractivity (Wildman–Crippen MR) is 126 cm³/mol. The van der Waals surface area contributed by atoms with E-state index in [4.69, 9.17) is 4.74 Å². The molecule has 0 aliphatic heterocycles. The highest BCUT2D eigenvalue weighted by atomic mass is 127. The number of fused-ring (bicyclic) bond motifs is 1. The molecule has 0 atom stereocenters. The monoisotopic (exact) mass is 501 g/mol. The number of ether oxygens (including phenoxy) is 1. The number of para-hydroxylation sites is 1. The maximum atomic E-state index is 11.8. The molecule has 3 N–H and O–H groups in total. The topological polar surface area (TPSA) is 81.8 Å². The van der Waals surface area contributed by atoms with Gasteiger partial charge in [-0.1, -0.05) is 18.2 Å². The van der Waals surface area contributed by atoms with Crippen LogP contribution in [0.2, 0.25) is 0 Å². The zero-order valence-corrected chi connectivity index (χ0v) is 19.3. The van der Waals surface area contributed by atoms with E-state index in [2.05, 4.69) is 32.7 Å². The Balaban J connectivity index is 0.00000392. The number of benzene rings is 1. The summed E-state index contributed by atoms with van der Waals surface area (Å²) in [7, 11) is 3.47. The van der Waals surface area contributed by atoms with Gasteiger partial charge < -0.3 is 25.3 Å². The summed E-state index contributed by atoms with van der Waals surface area (Å²) in [6.07, 6.45) is 3.80. The zero-order chi connectivity index (χ0) is 19.5. The van der Waals surface area contributed by atoms with Crippen LogP contribution in [0.1, 0.15) is 18.9 Å². The van der Waals surface area contributed by atoms with E-state index in [0.717, 1.165) is 38.1 Å².